The van der Waals surface area contributed by atoms with E-state index in [2.05, 4.69) is 10.6 Å². The lowest BCUT2D eigenvalue weighted by molar-refractivity contribution is -0.122. The van der Waals surface area contributed by atoms with E-state index in [1.807, 2.05) is 29.2 Å². The highest BCUT2D eigenvalue weighted by molar-refractivity contribution is 5.91. The zero-order valence-corrected chi connectivity index (χ0v) is 16.9. The Morgan fingerprint density at radius 2 is 1.75 bits per heavy atom. The first kappa shape index (κ1) is 20.5. The molecule has 0 atom stereocenters. The standard InChI is InChI=1S/C22H33N3O3/c1-28-20-10-6-5-9-19(20)24-22(27)25-13-11-18(12-14-25)16-23-21(26)15-17-7-3-2-4-8-17/h5-6,9-10,17-18H,2-4,7-8,11-16H2,1H3,(H,23,26)(H,24,27). The van der Waals surface area contributed by atoms with E-state index in [1.54, 1.807) is 7.11 Å². The van der Waals surface area contributed by atoms with Gasteiger partial charge in [-0.15, -0.1) is 0 Å². The Kier molecular flexibility index (Phi) is 7.57. The maximum absolute atomic E-state index is 12.5. The Balaban J connectivity index is 1.36. The summed E-state index contributed by atoms with van der Waals surface area (Å²) in [5.41, 5.74) is 0.687. The summed E-state index contributed by atoms with van der Waals surface area (Å²) in [5.74, 6) is 1.88. The van der Waals surface area contributed by atoms with Crippen molar-refractivity contribution in [2.45, 2.75) is 51.4 Å². The van der Waals surface area contributed by atoms with Crippen LogP contribution in [0.1, 0.15) is 51.4 Å². The Bertz CT molecular complexity index is 650. The van der Waals surface area contributed by atoms with Gasteiger partial charge in [0.25, 0.3) is 0 Å². The molecule has 1 heterocycles. The largest absolute Gasteiger partial charge is 0.495 e. The van der Waals surface area contributed by atoms with Gasteiger partial charge in [0, 0.05) is 26.1 Å². The summed E-state index contributed by atoms with van der Waals surface area (Å²) in [6.07, 6.45) is 8.79. The number of benzene rings is 1. The zero-order valence-electron chi connectivity index (χ0n) is 16.9. The van der Waals surface area contributed by atoms with Gasteiger partial charge in [0.2, 0.25) is 5.91 Å². The number of nitrogens with one attached hydrogen (secondary N) is 2. The monoisotopic (exact) mass is 387 g/mol. The van der Waals surface area contributed by atoms with E-state index in [4.69, 9.17) is 4.74 Å². The molecule has 6 nitrogen and oxygen atoms in total. The van der Waals surface area contributed by atoms with Gasteiger partial charge < -0.3 is 20.3 Å². The molecule has 0 unspecified atom stereocenters. The van der Waals surface area contributed by atoms with Crippen molar-refractivity contribution in [1.29, 1.82) is 0 Å². The van der Waals surface area contributed by atoms with Gasteiger partial charge in [0.15, 0.2) is 0 Å². The number of hydrogen-bond acceptors (Lipinski definition) is 3. The summed E-state index contributed by atoms with van der Waals surface area (Å²) in [5, 5.41) is 6.06. The van der Waals surface area contributed by atoms with E-state index in [1.165, 1.54) is 32.1 Å². The van der Waals surface area contributed by atoms with Crippen molar-refractivity contribution >= 4 is 17.6 Å². The number of urea groups is 1. The van der Waals surface area contributed by atoms with Gasteiger partial charge in [-0.1, -0.05) is 31.4 Å². The van der Waals surface area contributed by atoms with Gasteiger partial charge in [0.05, 0.1) is 12.8 Å². The molecule has 1 aliphatic heterocycles. The second-order valence-electron chi connectivity index (χ2n) is 8.07. The minimum Gasteiger partial charge on any atom is -0.495 e. The predicted molar refractivity (Wildman–Crippen MR) is 111 cm³/mol. The van der Waals surface area contributed by atoms with Crippen molar-refractivity contribution in [2.75, 3.05) is 32.1 Å². The van der Waals surface area contributed by atoms with Crippen LogP contribution in [0.25, 0.3) is 0 Å². The third-order valence-corrected chi connectivity index (χ3v) is 6.04. The van der Waals surface area contributed by atoms with Crippen molar-refractivity contribution < 1.29 is 14.3 Å². The Morgan fingerprint density at radius 1 is 1.04 bits per heavy atom. The van der Waals surface area contributed by atoms with Crippen molar-refractivity contribution in [3.8, 4) is 5.75 Å². The number of anilines is 1. The zero-order chi connectivity index (χ0) is 19.8. The van der Waals surface area contributed by atoms with Crippen LogP contribution in [0.4, 0.5) is 10.5 Å². The quantitative estimate of drug-likeness (QED) is 0.774. The topological polar surface area (TPSA) is 70.7 Å². The summed E-state index contributed by atoms with van der Waals surface area (Å²) in [4.78, 5) is 26.6. The summed E-state index contributed by atoms with van der Waals surface area (Å²) >= 11 is 0. The van der Waals surface area contributed by atoms with Gasteiger partial charge in [-0.05, 0) is 49.7 Å². The Labute approximate surface area is 168 Å². The van der Waals surface area contributed by atoms with Crippen LogP contribution >= 0.6 is 0 Å². The van der Waals surface area contributed by atoms with E-state index >= 15 is 0 Å². The van der Waals surface area contributed by atoms with Gasteiger partial charge in [0.1, 0.15) is 5.75 Å². The van der Waals surface area contributed by atoms with E-state index in [0.717, 1.165) is 19.4 Å². The molecule has 3 amide bonds. The smallest absolute Gasteiger partial charge is 0.321 e. The van der Waals surface area contributed by atoms with Gasteiger partial charge in [-0.25, -0.2) is 4.79 Å². The fourth-order valence-electron chi connectivity index (χ4n) is 4.27. The third kappa shape index (κ3) is 5.88. The highest BCUT2D eigenvalue weighted by atomic mass is 16.5. The molecule has 2 aliphatic rings. The Hall–Kier alpha value is -2.24. The number of carbonyl (C=O) groups is 2. The average Bonchev–Trinajstić information content (AvgIpc) is 2.73. The SMILES string of the molecule is COc1ccccc1NC(=O)N1CCC(CNC(=O)CC2CCCCC2)CC1. The lowest BCUT2D eigenvalue weighted by atomic mass is 9.87. The van der Waals surface area contributed by atoms with Crippen molar-refractivity contribution in [3.63, 3.8) is 0 Å². The summed E-state index contributed by atoms with van der Waals surface area (Å²) in [7, 11) is 1.60. The summed E-state index contributed by atoms with van der Waals surface area (Å²) < 4.78 is 5.29. The highest BCUT2D eigenvalue weighted by Gasteiger charge is 2.24. The number of rotatable bonds is 6. The molecule has 0 radical (unpaired) electrons. The number of likely N-dealkylation sites (tertiary alicyclic amines) is 1. The fourth-order valence-corrected chi connectivity index (χ4v) is 4.27. The molecule has 2 N–H and O–H groups in total. The van der Waals surface area contributed by atoms with E-state index in [9.17, 15) is 9.59 Å². The highest BCUT2D eigenvalue weighted by Crippen LogP contribution is 2.26. The minimum atomic E-state index is -0.0933. The molecule has 0 aromatic heterocycles. The molecule has 1 saturated carbocycles. The lowest BCUT2D eigenvalue weighted by Crippen LogP contribution is -2.43. The molecule has 154 valence electrons. The van der Waals surface area contributed by atoms with E-state index in [-0.39, 0.29) is 11.9 Å². The average molecular weight is 388 g/mol. The van der Waals surface area contributed by atoms with Crippen LogP contribution in [0, 0.1) is 11.8 Å². The van der Waals surface area contributed by atoms with Crippen LogP contribution in [-0.4, -0.2) is 43.6 Å². The van der Waals surface area contributed by atoms with Crippen LogP contribution in [0.3, 0.4) is 0 Å². The maximum Gasteiger partial charge on any atom is 0.321 e. The molecule has 1 aliphatic carbocycles. The predicted octanol–water partition coefficient (Wildman–Crippen LogP) is 4.03. The number of hydrogen-bond donors (Lipinski definition) is 2. The minimum absolute atomic E-state index is 0.0933. The summed E-state index contributed by atoms with van der Waals surface area (Å²) in [6.45, 7) is 2.15. The van der Waals surface area contributed by atoms with Crippen LogP contribution < -0.4 is 15.4 Å². The second-order valence-corrected chi connectivity index (χ2v) is 8.07. The first-order valence-corrected chi connectivity index (χ1v) is 10.6. The van der Waals surface area contributed by atoms with E-state index in [0.29, 0.717) is 42.8 Å². The third-order valence-electron chi connectivity index (χ3n) is 6.04. The van der Waals surface area contributed by atoms with Crippen molar-refractivity contribution in [1.82, 2.24) is 10.2 Å². The number of ether oxygens (including phenoxy) is 1. The molecular weight excluding hydrogens is 354 g/mol. The van der Waals surface area contributed by atoms with Crippen LogP contribution in [0.2, 0.25) is 0 Å². The first-order valence-electron chi connectivity index (χ1n) is 10.6. The number of amides is 3. The van der Waals surface area contributed by atoms with Crippen LogP contribution in [0.15, 0.2) is 24.3 Å². The molecule has 3 rings (SSSR count). The number of methoxy groups -OCH3 is 1. The molecule has 0 bridgehead atoms. The lowest BCUT2D eigenvalue weighted by Gasteiger charge is -2.32. The van der Waals surface area contributed by atoms with Gasteiger partial charge in [-0.2, -0.15) is 0 Å². The van der Waals surface area contributed by atoms with Gasteiger partial charge >= 0.3 is 6.03 Å². The van der Waals surface area contributed by atoms with Crippen LogP contribution in [0.5, 0.6) is 5.75 Å². The molecular formula is C22H33N3O3. The Morgan fingerprint density at radius 3 is 2.46 bits per heavy atom. The molecule has 2 fully saturated rings. The van der Waals surface area contributed by atoms with Crippen molar-refractivity contribution in [2.24, 2.45) is 11.8 Å². The number of para-hydroxylation sites is 2. The van der Waals surface area contributed by atoms with E-state index < -0.39 is 0 Å². The number of piperidine rings is 1. The molecule has 6 heteroatoms. The molecule has 1 saturated heterocycles. The number of nitrogens with zero attached hydrogens (tertiary/aromatic N) is 1. The normalized spacial score (nSPS) is 18.5. The summed E-state index contributed by atoms with van der Waals surface area (Å²) in [6, 6.07) is 7.33. The second kappa shape index (κ2) is 10.3. The molecule has 28 heavy (non-hydrogen) atoms. The molecule has 1 aromatic rings. The maximum atomic E-state index is 12.5. The molecule has 1 aromatic carbocycles. The number of carbonyl (C=O) groups excluding carboxylic acids is 2. The van der Waals surface area contributed by atoms with Crippen molar-refractivity contribution in [3.05, 3.63) is 24.3 Å². The molecule has 0 spiro atoms. The fraction of sp³-hybridized carbons (Fsp3) is 0.636. The van der Waals surface area contributed by atoms with Crippen LogP contribution in [-0.2, 0) is 4.79 Å². The van der Waals surface area contributed by atoms with Gasteiger partial charge in [-0.3, -0.25) is 4.79 Å². The first-order chi connectivity index (χ1) is 13.7.